The molecular formula is C17H21N3O4S2. The highest BCUT2D eigenvalue weighted by molar-refractivity contribution is 7.89. The summed E-state index contributed by atoms with van der Waals surface area (Å²) in [7, 11) is -3.98. The van der Waals surface area contributed by atoms with E-state index in [0.717, 1.165) is 34.4 Å². The fourth-order valence-corrected chi connectivity index (χ4v) is 5.94. The predicted octanol–water partition coefficient (Wildman–Crippen LogP) is 2.29. The summed E-state index contributed by atoms with van der Waals surface area (Å²) in [5.74, 6) is 0.178. The van der Waals surface area contributed by atoms with Crippen LogP contribution in [0.25, 0.3) is 0 Å². The third kappa shape index (κ3) is 2.97. The van der Waals surface area contributed by atoms with Crippen molar-refractivity contribution in [2.45, 2.75) is 50.2 Å². The van der Waals surface area contributed by atoms with E-state index >= 15 is 0 Å². The monoisotopic (exact) mass is 395 g/mol. The Labute approximate surface area is 156 Å². The summed E-state index contributed by atoms with van der Waals surface area (Å²) in [5.41, 5.74) is 0.574. The van der Waals surface area contributed by atoms with Crippen LogP contribution in [0.4, 0.5) is 0 Å². The van der Waals surface area contributed by atoms with Crippen molar-refractivity contribution in [2.24, 2.45) is 5.92 Å². The van der Waals surface area contributed by atoms with Crippen LogP contribution in [-0.2, 0) is 34.2 Å². The van der Waals surface area contributed by atoms with E-state index < -0.39 is 22.0 Å². The molecule has 0 amide bonds. The molecular weight excluding hydrogens is 374 g/mol. The molecule has 2 aromatic heterocycles. The van der Waals surface area contributed by atoms with Gasteiger partial charge in [-0.25, -0.2) is 13.4 Å². The van der Waals surface area contributed by atoms with Gasteiger partial charge in [-0.1, -0.05) is 6.92 Å². The van der Waals surface area contributed by atoms with Crippen molar-refractivity contribution in [3.8, 4) is 0 Å². The molecule has 7 nitrogen and oxygen atoms in total. The van der Waals surface area contributed by atoms with Gasteiger partial charge in [0, 0.05) is 30.6 Å². The second-order valence-electron chi connectivity index (χ2n) is 6.85. The van der Waals surface area contributed by atoms with Crippen LogP contribution in [-0.4, -0.2) is 39.9 Å². The molecule has 0 saturated heterocycles. The van der Waals surface area contributed by atoms with Crippen molar-refractivity contribution in [1.29, 1.82) is 0 Å². The van der Waals surface area contributed by atoms with Gasteiger partial charge in [0.1, 0.15) is 11.9 Å². The van der Waals surface area contributed by atoms with Crippen LogP contribution >= 0.6 is 11.3 Å². The second kappa shape index (κ2) is 6.47. The lowest BCUT2D eigenvalue weighted by atomic mass is 10.0. The molecule has 4 rings (SSSR count). The standard InChI is InChI=1S/C17H21N3O4S2/c1-2-14-18-15(10-19(14)9-11-3-4-11)26(23,24)20-7-5-13-12(6-8-25-13)16(20)17(21)22/h6,8,10-11,16H,2-5,7,9H2,1H3,(H,21,22). The van der Waals surface area contributed by atoms with Crippen molar-refractivity contribution in [1.82, 2.24) is 13.9 Å². The van der Waals surface area contributed by atoms with Crippen LogP contribution in [0.5, 0.6) is 0 Å². The third-order valence-corrected chi connectivity index (χ3v) is 7.77. The summed E-state index contributed by atoms with van der Waals surface area (Å²) in [6.07, 6.45) is 5.07. The highest BCUT2D eigenvalue weighted by Gasteiger charge is 2.42. The molecule has 1 atom stereocenters. The van der Waals surface area contributed by atoms with Gasteiger partial charge in [-0.3, -0.25) is 4.79 Å². The van der Waals surface area contributed by atoms with E-state index in [4.69, 9.17) is 0 Å². The SMILES string of the molecule is CCc1nc(S(=O)(=O)N2CCc3sccc3C2C(=O)O)cn1CC1CC1. The highest BCUT2D eigenvalue weighted by atomic mass is 32.2. The van der Waals surface area contributed by atoms with Gasteiger partial charge in [0.25, 0.3) is 10.0 Å². The van der Waals surface area contributed by atoms with Gasteiger partial charge < -0.3 is 9.67 Å². The van der Waals surface area contributed by atoms with E-state index in [2.05, 4.69) is 4.98 Å². The minimum absolute atomic E-state index is 0.0417. The van der Waals surface area contributed by atoms with Crippen LogP contribution in [0.2, 0.25) is 0 Å². The van der Waals surface area contributed by atoms with Crippen molar-refractivity contribution in [2.75, 3.05) is 6.54 Å². The number of rotatable bonds is 6. The average molecular weight is 396 g/mol. The predicted molar refractivity (Wildman–Crippen MR) is 96.6 cm³/mol. The van der Waals surface area contributed by atoms with Gasteiger partial charge in [0.2, 0.25) is 0 Å². The number of hydrogen-bond acceptors (Lipinski definition) is 5. The maximum Gasteiger partial charge on any atom is 0.326 e. The zero-order chi connectivity index (χ0) is 18.5. The van der Waals surface area contributed by atoms with Crippen molar-refractivity contribution in [3.63, 3.8) is 0 Å². The number of fused-ring (bicyclic) bond motifs is 1. The Bertz CT molecular complexity index is 943. The quantitative estimate of drug-likeness (QED) is 0.810. The maximum atomic E-state index is 13.2. The van der Waals surface area contributed by atoms with Crippen LogP contribution in [0, 0.1) is 5.92 Å². The number of nitrogens with zero attached hydrogens (tertiary/aromatic N) is 3. The van der Waals surface area contributed by atoms with Crippen LogP contribution in [0.3, 0.4) is 0 Å². The first kappa shape index (κ1) is 17.7. The molecule has 2 aromatic rings. The zero-order valence-electron chi connectivity index (χ0n) is 14.5. The van der Waals surface area contributed by atoms with Crippen molar-refractivity contribution < 1.29 is 18.3 Å². The lowest BCUT2D eigenvalue weighted by Crippen LogP contribution is -2.43. The molecule has 9 heteroatoms. The molecule has 1 aliphatic heterocycles. The summed E-state index contributed by atoms with van der Waals surface area (Å²) in [4.78, 5) is 17.1. The molecule has 0 radical (unpaired) electrons. The number of carboxylic acid groups (broad SMARTS) is 1. The summed E-state index contributed by atoms with van der Waals surface area (Å²) in [5, 5.41) is 11.5. The molecule has 1 fully saturated rings. The minimum atomic E-state index is -3.98. The number of aliphatic carboxylic acids is 1. The van der Waals surface area contributed by atoms with E-state index in [1.54, 1.807) is 12.3 Å². The Kier molecular flexibility index (Phi) is 4.40. The van der Waals surface area contributed by atoms with Gasteiger partial charge in [0.15, 0.2) is 5.03 Å². The molecule has 1 aliphatic carbocycles. The molecule has 1 N–H and O–H groups in total. The lowest BCUT2D eigenvalue weighted by Gasteiger charge is -2.31. The second-order valence-corrected chi connectivity index (χ2v) is 9.69. The number of carboxylic acids is 1. The molecule has 2 aliphatic rings. The van der Waals surface area contributed by atoms with Crippen LogP contribution in [0.1, 0.15) is 42.1 Å². The highest BCUT2D eigenvalue weighted by Crippen LogP contribution is 2.37. The van der Waals surface area contributed by atoms with Crippen molar-refractivity contribution >= 4 is 27.3 Å². The van der Waals surface area contributed by atoms with Gasteiger partial charge in [0.05, 0.1) is 0 Å². The van der Waals surface area contributed by atoms with Gasteiger partial charge in [-0.15, -0.1) is 11.3 Å². The summed E-state index contributed by atoms with van der Waals surface area (Å²) in [6.45, 7) is 2.88. The Hall–Kier alpha value is -1.71. The summed E-state index contributed by atoms with van der Waals surface area (Å²) in [6, 6.07) is 0.526. The van der Waals surface area contributed by atoms with E-state index in [9.17, 15) is 18.3 Å². The number of hydrogen-bond donors (Lipinski definition) is 1. The number of carbonyl (C=O) groups is 1. The first-order chi connectivity index (χ1) is 12.4. The average Bonchev–Trinajstić information content (AvgIpc) is 3.12. The Morgan fingerprint density at radius 2 is 2.19 bits per heavy atom. The fourth-order valence-electron chi connectivity index (χ4n) is 3.50. The molecule has 0 aromatic carbocycles. The summed E-state index contributed by atoms with van der Waals surface area (Å²) < 4.78 is 29.4. The molecule has 3 heterocycles. The molecule has 1 saturated carbocycles. The Morgan fingerprint density at radius 1 is 1.42 bits per heavy atom. The van der Waals surface area contributed by atoms with E-state index in [1.807, 2.05) is 16.9 Å². The number of thiophene rings is 1. The van der Waals surface area contributed by atoms with Gasteiger partial charge in [-0.2, -0.15) is 4.31 Å². The van der Waals surface area contributed by atoms with Crippen molar-refractivity contribution in [3.05, 3.63) is 33.9 Å². The van der Waals surface area contributed by atoms with E-state index in [1.165, 1.54) is 11.3 Å². The molecule has 140 valence electrons. The molecule has 0 bridgehead atoms. The van der Waals surface area contributed by atoms with Gasteiger partial charge >= 0.3 is 5.97 Å². The Morgan fingerprint density at radius 3 is 2.85 bits per heavy atom. The largest absolute Gasteiger partial charge is 0.480 e. The summed E-state index contributed by atoms with van der Waals surface area (Å²) >= 11 is 1.47. The smallest absolute Gasteiger partial charge is 0.326 e. The number of aryl methyl sites for hydroxylation is 1. The number of sulfonamides is 1. The van der Waals surface area contributed by atoms with E-state index in [-0.39, 0.29) is 11.6 Å². The molecule has 0 spiro atoms. The fraction of sp³-hybridized carbons (Fsp3) is 0.529. The lowest BCUT2D eigenvalue weighted by molar-refractivity contribution is -0.142. The first-order valence-corrected chi connectivity index (χ1v) is 11.1. The normalized spacial score (nSPS) is 20.9. The number of imidazole rings is 1. The zero-order valence-corrected chi connectivity index (χ0v) is 16.1. The molecule has 1 unspecified atom stereocenters. The first-order valence-electron chi connectivity index (χ1n) is 8.78. The van der Waals surface area contributed by atoms with Crippen LogP contribution < -0.4 is 0 Å². The third-order valence-electron chi connectivity index (χ3n) is 5.03. The van der Waals surface area contributed by atoms with E-state index in [0.29, 0.717) is 24.3 Å². The Balaban J connectivity index is 1.72. The van der Waals surface area contributed by atoms with Gasteiger partial charge in [-0.05, 0) is 42.2 Å². The van der Waals surface area contributed by atoms with Crippen LogP contribution in [0.15, 0.2) is 22.7 Å². The minimum Gasteiger partial charge on any atom is -0.480 e. The molecule has 26 heavy (non-hydrogen) atoms. The topological polar surface area (TPSA) is 92.5 Å². The number of aromatic nitrogens is 2. The maximum absolute atomic E-state index is 13.2.